The number of nitrogens with zero attached hydrogens (tertiary/aromatic N) is 1. The Labute approximate surface area is 118 Å². The Morgan fingerprint density at radius 2 is 2.15 bits per heavy atom. The van der Waals surface area contributed by atoms with Crippen molar-refractivity contribution in [3.63, 3.8) is 0 Å². The van der Waals surface area contributed by atoms with Gasteiger partial charge in [0.1, 0.15) is 0 Å². The first-order valence-corrected chi connectivity index (χ1v) is 7.02. The lowest BCUT2D eigenvalue weighted by molar-refractivity contribution is -0.147. The predicted octanol–water partition coefficient (Wildman–Crippen LogP) is 2.10. The van der Waals surface area contributed by atoms with E-state index in [-0.39, 0.29) is 17.8 Å². The molecule has 4 heteroatoms. The zero-order chi connectivity index (χ0) is 13.9. The van der Waals surface area contributed by atoms with Crippen molar-refractivity contribution in [2.24, 2.45) is 5.92 Å². The van der Waals surface area contributed by atoms with Crippen molar-refractivity contribution in [2.45, 2.75) is 12.8 Å². The van der Waals surface area contributed by atoms with Crippen molar-refractivity contribution in [3.8, 4) is 0 Å². The predicted molar refractivity (Wildman–Crippen MR) is 77.5 cm³/mol. The molecule has 2 heterocycles. The van der Waals surface area contributed by atoms with E-state index >= 15 is 0 Å². The number of nitrogens with one attached hydrogen (secondary N) is 1. The number of hydrogen-bond donors (Lipinski definition) is 1. The maximum absolute atomic E-state index is 12.0. The van der Waals surface area contributed by atoms with Gasteiger partial charge in [0, 0.05) is 30.1 Å². The molecule has 1 N–H and O–H groups in total. The van der Waals surface area contributed by atoms with Crippen LogP contribution in [-0.2, 0) is 9.53 Å². The Balaban J connectivity index is 1.91. The molecule has 0 saturated carbocycles. The van der Waals surface area contributed by atoms with Gasteiger partial charge in [-0.25, -0.2) is 0 Å². The van der Waals surface area contributed by atoms with Crippen molar-refractivity contribution in [3.05, 3.63) is 42.1 Å². The molecule has 0 bridgehead atoms. The zero-order valence-electron chi connectivity index (χ0n) is 11.5. The van der Waals surface area contributed by atoms with Gasteiger partial charge in [-0.05, 0) is 19.1 Å². The molecule has 1 saturated heterocycles. The van der Waals surface area contributed by atoms with Crippen LogP contribution in [0.2, 0.25) is 0 Å². The topological polar surface area (TPSA) is 51.2 Å². The van der Waals surface area contributed by atoms with Gasteiger partial charge in [-0.15, -0.1) is 0 Å². The van der Waals surface area contributed by atoms with E-state index in [0.29, 0.717) is 13.2 Å². The molecule has 2 atom stereocenters. The van der Waals surface area contributed by atoms with Crippen molar-refractivity contribution >= 4 is 16.9 Å². The summed E-state index contributed by atoms with van der Waals surface area (Å²) >= 11 is 0. The van der Waals surface area contributed by atoms with Gasteiger partial charge in [0.25, 0.3) is 0 Å². The number of para-hydroxylation sites is 1. The maximum atomic E-state index is 12.0. The van der Waals surface area contributed by atoms with E-state index in [9.17, 15) is 4.79 Å². The van der Waals surface area contributed by atoms with Crippen molar-refractivity contribution in [1.29, 1.82) is 0 Å². The number of fused-ring (bicyclic) bond motifs is 1. The summed E-state index contributed by atoms with van der Waals surface area (Å²) in [5.74, 6) is -0.167. The number of aromatic nitrogens is 1. The highest BCUT2D eigenvalue weighted by Crippen LogP contribution is 2.29. The van der Waals surface area contributed by atoms with E-state index < -0.39 is 0 Å². The standard InChI is InChI=1S/C16H18N2O2/c1-2-20-16(19)13-10-17-9-12(13)15-8-7-11-5-3-4-6-14(11)18-15/h3-8,12-13,17H,2,9-10H2,1H3. The van der Waals surface area contributed by atoms with Crippen LogP contribution < -0.4 is 5.32 Å². The summed E-state index contributed by atoms with van der Waals surface area (Å²) in [4.78, 5) is 16.7. The summed E-state index contributed by atoms with van der Waals surface area (Å²) in [5.41, 5.74) is 1.94. The molecule has 0 spiro atoms. The minimum absolute atomic E-state index is 0.0960. The maximum Gasteiger partial charge on any atom is 0.310 e. The molecule has 2 aromatic rings. The number of carbonyl (C=O) groups is 1. The number of carbonyl (C=O) groups excluding carboxylic acids is 1. The second-order valence-corrected chi connectivity index (χ2v) is 5.05. The van der Waals surface area contributed by atoms with E-state index in [4.69, 9.17) is 9.72 Å². The number of hydrogen-bond acceptors (Lipinski definition) is 4. The van der Waals surface area contributed by atoms with Crippen LogP contribution in [0.5, 0.6) is 0 Å². The molecule has 0 aliphatic carbocycles. The Morgan fingerprint density at radius 1 is 1.30 bits per heavy atom. The van der Waals surface area contributed by atoms with Gasteiger partial charge < -0.3 is 10.1 Å². The summed E-state index contributed by atoms with van der Waals surface area (Å²) in [7, 11) is 0. The minimum Gasteiger partial charge on any atom is -0.466 e. The summed E-state index contributed by atoms with van der Waals surface area (Å²) in [6, 6.07) is 12.1. The second kappa shape index (κ2) is 5.59. The summed E-state index contributed by atoms with van der Waals surface area (Å²) in [5, 5.41) is 4.39. The lowest BCUT2D eigenvalue weighted by Crippen LogP contribution is -2.24. The lowest BCUT2D eigenvalue weighted by Gasteiger charge is -2.17. The van der Waals surface area contributed by atoms with Gasteiger partial charge in [0.2, 0.25) is 0 Å². The zero-order valence-corrected chi connectivity index (χ0v) is 11.5. The van der Waals surface area contributed by atoms with Gasteiger partial charge in [-0.1, -0.05) is 24.3 Å². The van der Waals surface area contributed by atoms with E-state index in [2.05, 4.69) is 11.4 Å². The van der Waals surface area contributed by atoms with Crippen LogP contribution in [0, 0.1) is 5.92 Å². The van der Waals surface area contributed by atoms with Crippen LogP contribution >= 0.6 is 0 Å². The molecule has 2 unspecified atom stereocenters. The summed E-state index contributed by atoms with van der Waals surface area (Å²) < 4.78 is 5.16. The van der Waals surface area contributed by atoms with Crippen LogP contribution in [0.1, 0.15) is 18.5 Å². The highest BCUT2D eigenvalue weighted by Gasteiger charge is 2.35. The number of ether oxygens (including phenoxy) is 1. The molecule has 3 rings (SSSR count). The second-order valence-electron chi connectivity index (χ2n) is 5.05. The van der Waals surface area contributed by atoms with Crippen molar-refractivity contribution < 1.29 is 9.53 Å². The molecule has 20 heavy (non-hydrogen) atoms. The molecular formula is C16H18N2O2. The lowest BCUT2D eigenvalue weighted by atomic mass is 9.92. The third-order valence-electron chi connectivity index (χ3n) is 3.80. The van der Waals surface area contributed by atoms with E-state index in [0.717, 1.165) is 23.1 Å². The van der Waals surface area contributed by atoms with Crippen molar-refractivity contribution in [2.75, 3.05) is 19.7 Å². The van der Waals surface area contributed by atoms with Gasteiger partial charge >= 0.3 is 5.97 Å². The monoisotopic (exact) mass is 270 g/mol. The number of esters is 1. The number of pyridine rings is 1. The smallest absolute Gasteiger partial charge is 0.310 e. The molecular weight excluding hydrogens is 252 g/mol. The first-order valence-electron chi connectivity index (χ1n) is 7.02. The van der Waals surface area contributed by atoms with E-state index in [1.165, 1.54) is 0 Å². The van der Waals surface area contributed by atoms with Crippen molar-refractivity contribution in [1.82, 2.24) is 10.3 Å². The molecule has 1 aliphatic heterocycles. The SMILES string of the molecule is CCOC(=O)C1CNCC1c1ccc2ccccc2n1. The molecule has 1 aromatic heterocycles. The normalized spacial score (nSPS) is 22.1. The average Bonchev–Trinajstić information content (AvgIpc) is 2.96. The number of benzene rings is 1. The number of rotatable bonds is 3. The largest absolute Gasteiger partial charge is 0.466 e. The molecule has 1 aliphatic rings. The van der Waals surface area contributed by atoms with Crippen LogP contribution in [0.4, 0.5) is 0 Å². The van der Waals surface area contributed by atoms with E-state index in [1.807, 2.05) is 37.3 Å². The molecule has 1 fully saturated rings. The molecule has 4 nitrogen and oxygen atoms in total. The Kier molecular flexibility index (Phi) is 3.65. The minimum atomic E-state index is -0.136. The van der Waals surface area contributed by atoms with Gasteiger partial charge in [-0.2, -0.15) is 0 Å². The van der Waals surface area contributed by atoms with Crippen LogP contribution in [0.15, 0.2) is 36.4 Å². The molecule has 104 valence electrons. The fraction of sp³-hybridized carbons (Fsp3) is 0.375. The van der Waals surface area contributed by atoms with Gasteiger partial charge in [-0.3, -0.25) is 9.78 Å². The third-order valence-corrected chi connectivity index (χ3v) is 3.80. The molecule has 0 radical (unpaired) electrons. The van der Waals surface area contributed by atoms with Crippen LogP contribution in [0.25, 0.3) is 10.9 Å². The van der Waals surface area contributed by atoms with Gasteiger partial charge in [0.05, 0.1) is 18.0 Å². The summed E-state index contributed by atoms with van der Waals surface area (Å²) in [6.07, 6.45) is 0. The highest BCUT2D eigenvalue weighted by molar-refractivity contribution is 5.79. The Morgan fingerprint density at radius 3 is 3.00 bits per heavy atom. The Hall–Kier alpha value is -1.94. The van der Waals surface area contributed by atoms with Crippen LogP contribution in [-0.4, -0.2) is 30.6 Å². The average molecular weight is 270 g/mol. The quantitative estimate of drug-likeness (QED) is 0.868. The Bertz CT molecular complexity index is 627. The molecule has 1 aromatic carbocycles. The van der Waals surface area contributed by atoms with E-state index in [1.54, 1.807) is 0 Å². The third kappa shape index (κ3) is 2.39. The fourth-order valence-electron chi connectivity index (χ4n) is 2.77. The van der Waals surface area contributed by atoms with Crippen LogP contribution in [0.3, 0.4) is 0 Å². The first-order chi connectivity index (χ1) is 9.79. The first kappa shape index (κ1) is 13.1. The fourth-order valence-corrected chi connectivity index (χ4v) is 2.77. The summed E-state index contributed by atoms with van der Waals surface area (Å²) in [6.45, 7) is 3.70. The van der Waals surface area contributed by atoms with Gasteiger partial charge in [0.15, 0.2) is 0 Å². The molecule has 0 amide bonds. The highest BCUT2D eigenvalue weighted by atomic mass is 16.5.